The topological polar surface area (TPSA) is 47.3 Å². The van der Waals surface area contributed by atoms with Crippen molar-refractivity contribution in [1.29, 1.82) is 0 Å². The van der Waals surface area contributed by atoms with Gasteiger partial charge >= 0.3 is 0 Å². The summed E-state index contributed by atoms with van der Waals surface area (Å²) in [5.74, 6) is 0.520. The minimum Gasteiger partial charge on any atom is -0.266 e. The molecule has 0 atom stereocenters. The molecule has 0 saturated carbocycles. The number of benzene rings is 3. The van der Waals surface area contributed by atoms with Gasteiger partial charge in [-0.1, -0.05) is 65.4 Å². The monoisotopic (exact) mass is 389 g/mol. The molecule has 2 aromatic heterocycles. The zero-order valence-electron chi connectivity index (χ0n) is 14.0. The normalized spacial score (nSPS) is 12.3. The molecule has 2 heterocycles. The molecule has 4 nitrogen and oxygen atoms in total. The van der Waals surface area contributed by atoms with Gasteiger partial charge in [-0.2, -0.15) is 9.50 Å². The van der Waals surface area contributed by atoms with Crippen LogP contribution in [0.25, 0.3) is 33.2 Å². The van der Waals surface area contributed by atoms with Crippen LogP contribution < -0.4 is 10.1 Å². The van der Waals surface area contributed by atoms with Crippen molar-refractivity contribution in [3.8, 4) is 11.4 Å². The SMILES string of the molecule is O=c1c(=Cc2cccc3ccccc23)sc2nc(-c3ccc(Cl)cc3)nn12. The van der Waals surface area contributed by atoms with Crippen molar-refractivity contribution in [3.63, 3.8) is 0 Å². The Morgan fingerprint density at radius 1 is 0.963 bits per heavy atom. The van der Waals surface area contributed by atoms with Gasteiger partial charge in [-0.3, -0.25) is 4.79 Å². The molecule has 5 rings (SSSR count). The molecular formula is C21H12ClN3OS. The molecule has 0 saturated heterocycles. The molecule has 27 heavy (non-hydrogen) atoms. The van der Waals surface area contributed by atoms with Crippen LogP contribution in [-0.2, 0) is 0 Å². The summed E-state index contributed by atoms with van der Waals surface area (Å²) in [5.41, 5.74) is 1.68. The zero-order valence-corrected chi connectivity index (χ0v) is 15.5. The summed E-state index contributed by atoms with van der Waals surface area (Å²) in [7, 11) is 0. The van der Waals surface area contributed by atoms with Gasteiger partial charge in [0.1, 0.15) is 0 Å². The Labute approximate surface area is 163 Å². The van der Waals surface area contributed by atoms with Gasteiger partial charge < -0.3 is 0 Å². The van der Waals surface area contributed by atoms with Gasteiger partial charge in [0.05, 0.1) is 4.53 Å². The van der Waals surface area contributed by atoms with Crippen molar-refractivity contribution in [3.05, 3.63) is 92.2 Å². The molecule has 0 aliphatic heterocycles. The average Bonchev–Trinajstić information content (AvgIpc) is 3.23. The van der Waals surface area contributed by atoms with E-state index in [-0.39, 0.29) is 5.56 Å². The average molecular weight is 390 g/mol. The predicted octanol–water partition coefficient (Wildman–Crippen LogP) is 4.17. The van der Waals surface area contributed by atoms with E-state index in [1.165, 1.54) is 15.9 Å². The Morgan fingerprint density at radius 3 is 2.56 bits per heavy atom. The Bertz CT molecular complexity index is 1400. The molecule has 0 spiro atoms. The van der Waals surface area contributed by atoms with Gasteiger partial charge in [-0.15, -0.1) is 5.10 Å². The second-order valence-corrected chi connectivity index (χ2v) is 7.57. The van der Waals surface area contributed by atoms with Crippen LogP contribution in [0.4, 0.5) is 0 Å². The lowest BCUT2D eigenvalue weighted by molar-refractivity contribution is 0.937. The first kappa shape index (κ1) is 16.2. The third kappa shape index (κ3) is 2.81. The largest absolute Gasteiger partial charge is 0.291 e. The summed E-state index contributed by atoms with van der Waals surface area (Å²) in [4.78, 5) is 17.9. The van der Waals surface area contributed by atoms with E-state index in [2.05, 4.69) is 28.3 Å². The van der Waals surface area contributed by atoms with E-state index < -0.39 is 0 Å². The highest BCUT2D eigenvalue weighted by Gasteiger charge is 2.12. The molecule has 0 unspecified atom stereocenters. The van der Waals surface area contributed by atoms with Crippen LogP contribution in [-0.4, -0.2) is 14.6 Å². The fourth-order valence-corrected chi connectivity index (χ4v) is 4.10. The minimum atomic E-state index is -0.157. The van der Waals surface area contributed by atoms with E-state index >= 15 is 0 Å². The highest BCUT2D eigenvalue weighted by Crippen LogP contribution is 2.20. The van der Waals surface area contributed by atoms with Crippen molar-refractivity contribution >= 4 is 44.7 Å². The number of fused-ring (bicyclic) bond motifs is 2. The molecule has 130 valence electrons. The predicted molar refractivity (Wildman–Crippen MR) is 110 cm³/mol. The van der Waals surface area contributed by atoms with Gasteiger partial charge in [0, 0.05) is 10.6 Å². The number of hydrogen-bond acceptors (Lipinski definition) is 4. The molecule has 0 amide bonds. The maximum Gasteiger partial charge on any atom is 0.291 e. The summed E-state index contributed by atoms with van der Waals surface area (Å²) in [6, 6.07) is 21.4. The molecule has 5 aromatic rings. The fourth-order valence-electron chi connectivity index (χ4n) is 3.07. The Morgan fingerprint density at radius 2 is 1.74 bits per heavy atom. The number of thiazole rings is 1. The van der Waals surface area contributed by atoms with E-state index in [4.69, 9.17) is 11.6 Å². The second kappa shape index (κ2) is 6.30. The van der Waals surface area contributed by atoms with Gasteiger partial charge in [-0.05, 0) is 46.7 Å². The Hall–Kier alpha value is -3.02. The third-order valence-electron chi connectivity index (χ3n) is 4.39. The lowest BCUT2D eigenvalue weighted by Gasteiger charge is -2.00. The fraction of sp³-hybridized carbons (Fsp3) is 0. The third-order valence-corrected chi connectivity index (χ3v) is 5.61. The van der Waals surface area contributed by atoms with Crippen LogP contribution in [0.2, 0.25) is 5.02 Å². The number of nitrogens with zero attached hydrogens (tertiary/aromatic N) is 3. The number of aromatic nitrogens is 3. The van der Waals surface area contributed by atoms with Crippen molar-refractivity contribution in [2.24, 2.45) is 0 Å². The summed E-state index contributed by atoms with van der Waals surface area (Å²) in [6.45, 7) is 0. The van der Waals surface area contributed by atoms with Gasteiger partial charge in [0.2, 0.25) is 4.96 Å². The maximum atomic E-state index is 12.8. The van der Waals surface area contributed by atoms with Crippen LogP contribution in [0.1, 0.15) is 5.56 Å². The van der Waals surface area contributed by atoms with Crippen molar-refractivity contribution in [1.82, 2.24) is 14.6 Å². The summed E-state index contributed by atoms with van der Waals surface area (Å²) >= 11 is 7.26. The Kier molecular flexibility index (Phi) is 3.77. The maximum absolute atomic E-state index is 12.8. The standard InChI is InChI=1S/C21H12ClN3OS/c22-16-10-8-14(9-11-16)19-23-21-25(24-19)20(26)18(27-21)12-15-6-3-5-13-4-1-2-7-17(13)15/h1-12H. The van der Waals surface area contributed by atoms with Crippen LogP contribution in [0.5, 0.6) is 0 Å². The highest BCUT2D eigenvalue weighted by molar-refractivity contribution is 7.15. The lowest BCUT2D eigenvalue weighted by Crippen LogP contribution is -2.23. The molecule has 0 N–H and O–H groups in total. The molecule has 0 aliphatic rings. The molecule has 0 aliphatic carbocycles. The first-order valence-corrected chi connectivity index (χ1v) is 9.53. The van der Waals surface area contributed by atoms with Crippen LogP contribution in [0, 0.1) is 0 Å². The summed E-state index contributed by atoms with van der Waals surface area (Å²) in [6.07, 6.45) is 1.91. The smallest absolute Gasteiger partial charge is 0.266 e. The van der Waals surface area contributed by atoms with Crippen LogP contribution >= 0.6 is 22.9 Å². The number of halogens is 1. The van der Waals surface area contributed by atoms with Crippen LogP contribution in [0.3, 0.4) is 0 Å². The molecule has 6 heteroatoms. The molecule has 0 radical (unpaired) electrons. The number of hydrogen-bond donors (Lipinski definition) is 0. The molecule has 3 aromatic carbocycles. The van der Waals surface area contributed by atoms with Gasteiger partial charge in [0.15, 0.2) is 5.82 Å². The summed E-state index contributed by atoms with van der Waals surface area (Å²) < 4.78 is 1.98. The minimum absolute atomic E-state index is 0.157. The molecular weight excluding hydrogens is 378 g/mol. The van der Waals surface area contributed by atoms with E-state index in [0.29, 0.717) is 20.3 Å². The van der Waals surface area contributed by atoms with Gasteiger partial charge in [0.25, 0.3) is 5.56 Å². The van der Waals surface area contributed by atoms with Crippen molar-refractivity contribution < 1.29 is 0 Å². The van der Waals surface area contributed by atoms with Crippen molar-refractivity contribution in [2.45, 2.75) is 0 Å². The van der Waals surface area contributed by atoms with Crippen molar-refractivity contribution in [2.75, 3.05) is 0 Å². The first-order valence-electron chi connectivity index (χ1n) is 8.34. The Balaban J connectivity index is 1.65. The van der Waals surface area contributed by atoms with Gasteiger partial charge in [-0.25, -0.2) is 0 Å². The second-order valence-electron chi connectivity index (χ2n) is 6.12. The van der Waals surface area contributed by atoms with E-state index in [1.807, 2.05) is 42.5 Å². The summed E-state index contributed by atoms with van der Waals surface area (Å²) in [5, 5.41) is 7.28. The first-order chi connectivity index (χ1) is 13.2. The van der Waals surface area contributed by atoms with E-state index in [0.717, 1.165) is 21.9 Å². The molecule has 0 fully saturated rings. The van der Waals surface area contributed by atoms with E-state index in [9.17, 15) is 4.79 Å². The zero-order chi connectivity index (χ0) is 18.4. The quantitative estimate of drug-likeness (QED) is 0.455. The highest BCUT2D eigenvalue weighted by atomic mass is 35.5. The molecule has 0 bridgehead atoms. The number of rotatable bonds is 2. The van der Waals surface area contributed by atoms with Crippen LogP contribution in [0.15, 0.2) is 71.5 Å². The lowest BCUT2D eigenvalue weighted by atomic mass is 10.0. The van der Waals surface area contributed by atoms with E-state index in [1.54, 1.807) is 12.1 Å².